The van der Waals surface area contributed by atoms with Gasteiger partial charge in [-0.25, -0.2) is 0 Å². The standard InChI is InChI=1S/C15H20N2O/c1-10(2)18-14-7-6-13(8-11(14)3)15-12(4)9-17(5)16-15/h6-10H,1-5H3. The largest absolute Gasteiger partial charge is 0.491 e. The normalized spacial score (nSPS) is 11.0. The summed E-state index contributed by atoms with van der Waals surface area (Å²) in [5, 5.41) is 4.49. The van der Waals surface area contributed by atoms with Gasteiger partial charge in [-0.2, -0.15) is 5.10 Å². The number of hydrogen-bond donors (Lipinski definition) is 0. The molecule has 0 aliphatic rings. The van der Waals surface area contributed by atoms with E-state index >= 15 is 0 Å². The molecule has 0 aliphatic heterocycles. The number of benzene rings is 1. The van der Waals surface area contributed by atoms with Crippen LogP contribution < -0.4 is 4.74 Å². The third kappa shape index (κ3) is 2.55. The van der Waals surface area contributed by atoms with Crippen LogP contribution in [0.2, 0.25) is 0 Å². The smallest absolute Gasteiger partial charge is 0.122 e. The first-order valence-corrected chi connectivity index (χ1v) is 6.25. The maximum atomic E-state index is 5.75. The third-order valence-electron chi connectivity index (χ3n) is 2.82. The number of rotatable bonds is 3. The van der Waals surface area contributed by atoms with Crippen LogP contribution in [0.4, 0.5) is 0 Å². The van der Waals surface area contributed by atoms with Gasteiger partial charge in [0, 0.05) is 18.8 Å². The molecule has 96 valence electrons. The molecule has 2 rings (SSSR count). The van der Waals surface area contributed by atoms with Gasteiger partial charge in [-0.3, -0.25) is 4.68 Å². The predicted octanol–water partition coefficient (Wildman–Crippen LogP) is 3.49. The van der Waals surface area contributed by atoms with E-state index in [0.717, 1.165) is 22.6 Å². The minimum absolute atomic E-state index is 0.200. The molecule has 0 saturated heterocycles. The van der Waals surface area contributed by atoms with Gasteiger partial charge in [0.25, 0.3) is 0 Å². The number of nitrogens with zero attached hydrogens (tertiary/aromatic N) is 2. The van der Waals surface area contributed by atoms with Gasteiger partial charge in [-0.1, -0.05) is 0 Å². The van der Waals surface area contributed by atoms with Crippen molar-refractivity contribution in [3.05, 3.63) is 35.5 Å². The lowest BCUT2D eigenvalue weighted by atomic mass is 10.1. The Morgan fingerprint density at radius 1 is 1.17 bits per heavy atom. The number of aryl methyl sites for hydroxylation is 3. The van der Waals surface area contributed by atoms with Gasteiger partial charge in [0.15, 0.2) is 0 Å². The van der Waals surface area contributed by atoms with Gasteiger partial charge >= 0.3 is 0 Å². The van der Waals surface area contributed by atoms with Crippen LogP contribution in [0.3, 0.4) is 0 Å². The second-order valence-corrected chi connectivity index (χ2v) is 4.98. The summed E-state index contributed by atoms with van der Waals surface area (Å²) in [6.45, 7) is 8.22. The lowest BCUT2D eigenvalue weighted by molar-refractivity contribution is 0.241. The van der Waals surface area contributed by atoms with Crippen molar-refractivity contribution < 1.29 is 4.74 Å². The number of hydrogen-bond acceptors (Lipinski definition) is 2. The van der Waals surface area contributed by atoms with E-state index in [1.807, 2.05) is 37.8 Å². The number of aromatic nitrogens is 2. The Morgan fingerprint density at radius 2 is 1.89 bits per heavy atom. The van der Waals surface area contributed by atoms with Crippen molar-refractivity contribution in [3.8, 4) is 17.0 Å². The third-order valence-corrected chi connectivity index (χ3v) is 2.82. The quantitative estimate of drug-likeness (QED) is 0.826. The molecule has 1 heterocycles. The highest BCUT2D eigenvalue weighted by Crippen LogP contribution is 2.27. The Morgan fingerprint density at radius 3 is 2.39 bits per heavy atom. The Hall–Kier alpha value is -1.77. The van der Waals surface area contributed by atoms with Crippen molar-refractivity contribution in [2.24, 2.45) is 7.05 Å². The van der Waals surface area contributed by atoms with Gasteiger partial charge in [-0.15, -0.1) is 0 Å². The van der Waals surface area contributed by atoms with E-state index in [9.17, 15) is 0 Å². The average Bonchev–Trinajstić information content (AvgIpc) is 2.60. The molecule has 1 aromatic heterocycles. The Balaban J connectivity index is 2.37. The highest BCUT2D eigenvalue weighted by molar-refractivity contribution is 5.64. The molecule has 0 spiro atoms. The molecular weight excluding hydrogens is 224 g/mol. The van der Waals surface area contributed by atoms with Crippen molar-refractivity contribution in [3.63, 3.8) is 0 Å². The van der Waals surface area contributed by atoms with Crippen LogP contribution in [0.1, 0.15) is 25.0 Å². The molecule has 0 saturated carbocycles. The molecule has 0 atom stereocenters. The van der Waals surface area contributed by atoms with Crippen molar-refractivity contribution in [2.75, 3.05) is 0 Å². The van der Waals surface area contributed by atoms with E-state index in [0.29, 0.717) is 0 Å². The monoisotopic (exact) mass is 244 g/mol. The molecule has 0 radical (unpaired) electrons. The van der Waals surface area contributed by atoms with Gasteiger partial charge < -0.3 is 4.74 Å². The average molecular weight is 244 g/mol. The van der Waals surface area contributed by atoms with Crippen LogP contribution in [-0.2, 0) is 7.05 Å². The van der Waals surface area contributed by atoms with Crippen molar-refractivity contribution in [1.82, 2.24) is 9.78 Å². The van der Waals surface area contributed by atoms with E-state index in [4.69, 9.17) is 4.74 Å². The molecular formula is C15H20N2O. The Kier molecular flexibility index (Phi) is 3.41. The molecule has 0 N–H and O–H groups in total. The lowest BCUT2D eigenvalue weighted by Crippen LogP contribution is -2.06. The Labute approximate surface area is 108 Å². The molecule has 18 heavy (non-hydrogen) atoms. The van der Waals surface area contributed by atoms with E-state index in [2.05, 4.69) is 31.1 Å². The van der Waals surface area contributed by atoms with Crippen LogP contribution in [-0.4, -0.2) is 15.9 Å². The summed E-state index contributed by atoms with van der Waals surface area (Å²) < 4.78 is 7.59. The Bertz CT molecular complexity index is 556. The topological polar surface area (TPSA) is 27.1 Å². The zero-order chi connectivity index (χ0) is 13.3. The van der Waals surface area contributed by atoms with Crippen molar-refractivity contribution in [2.45, 2.75) is 33.8 Å². The molecule has 0 amide bonds. The summed E-state index contributed by atoms with van der Waals surface area (Å²) in [7, 11) is 1.94. The summed E-state index contributed by atoms with van der Waals surface area (Å²) in [6.07, 6.45) is 2.23. The highest BCUT2D eigenvalue weighted by Gasteiger charge is 2.09. The predicted molar refractivity (Wildman–Crippen MR) is 73.9 cm³/mol. The maximum Gasteiger partial charge on any atom is 0.122 e. The van der Waals surface area contributed by atoms with Crippen LogP contribution >= 0.6 is 0 Å². The van der Waals surface area contributed by atoms with Crippen molar-refractivity contribution in [1.29, 1.82) is 0 Å². The second kappa shape index (κ2) is 4.84. The highest BCUT2D eigenvalue weighted by atomic mass is 16.5. The van der Waals surface area contributed by atoms with E-state index in [1.165, 1.54) is 5.56 Å². The van der Waals surface area contributed by atoms with Crippen molar-refractivity contribution >= 4 is 0 Å². The fourth-order valence-electron chi connectivity index (χ4n) is 2.08. The van der Waals surface area contributed by atoms with Crippen LogP contribution in [0.15, 0.2) is 24.4 Å². The minimum Gasteiger partial charge on any atom is -0.491 e. The van der Waals surface area contributed by atoms with E-state index < -0.39 is 0 Å². The van der Waals surface area contributed by atoms with Crippen LogP contribution in [0.25, 0.3) is 11.3 Å². The fourth-order valence-corrected chi connectivity index (χ4v) is 2.08. The second-order valence-electron chi connectivity index (χ2n) is 4.98. The van der Waals surface area contributed by atoms with E-state index in [-0.39, 0.29) is 6.10 Å². The fraction of sp³-hybridized carbons (Fsp3) is 0.400. The molecule has 0 unspecified atom stereocenters. The molecule has 1 aromatic carbocycles. The van der Waals surface area contributed by atoms with Crippen LogP contribution in [0.5, 0.6) is 5.75 Å². The maximum absolute atomic E-state index is 5.75. The summed E-state index contributed by atoms with van der Waals surface area (Å²) in [6, 6.07) is 6.23. The molecule has 0 bridgehead atoms. The lowest BCUT2D eigenvalue weighted by Gasteiger charge is -2.13. The SMILES string of the molecule is Cc1cc(-c2nn(C)cc2C)ccc1OC(C)C. The molecule has 2 aromatic rings. The first kappa shape index (κ1) is 12.7. The molecule has 3 heteroatoms. The summed E-state index contributed by atoms with van der Waals surface area (Å²) in [5.41, 5.74) is 4.51. The molecule has 0 fully saturated rings. The summed E-state index contributed by atoms with van der Waals surface area (Å²) in [4.78, 5) is 0. The first-order chi connectivity index (χ1) is 8.47. The zero-order valence-electron chi connectivity index (χ0n) is 11.7. The van der Waals surface area contributed by atoms with Crippen LogP contribution in [0, 0.1) is 13.8 Å². The minimum atomic E-state index is 0.200. The van der Waals surface area contributed by atoms with Gasteiger partial charge in [0.05, 0.1) is 11.8 Å². The van der Waals surface area contributed by atoms with Gasteiger partial charge in [-0.05, 0) is 57.0 Å². The zero-order valence-corrected chi connectivity index (χ0v) is 11.7. The number of ether oxygens (including phenoxy) is 1. The summed E-state index contributed by atoms with van der Waals surface area (Å²) >= 11 is 0. The van der Waals surface area contributed by atoms with E-state index in [1.54, 1.807) is 0 Å². The van der Waals surface area contributed by atoms with Gasteiger partial charge in [0.1, 0.15) is 5.75 Å². The van der Waals surface area contributed by atoms with Gasteiger partial charge in [0.2, 0.25) is 0 Å². The summed E-state index contributed by atoms with van der Waals surface area (Å²) in [5.74, 6) is 0.947. The molecule has 0 aliphatic carbocycles. The first-order valence-electron chi connectivity index (χ1n) is 6.25. The molecule has 3 nitrogen and oxygen atoms in total.